The molecule has 0 aliphatic heterocycles. The van der Waals surface area contributed by atoms with Gasteiger partial charge in [0.25, 0.3) is 0 Å². The standard InChI is InChI=1S/C11H9ClN4O/c12-8-4-10(7-14-5-8)16-11(17)15-9-2-1-3-13-6-9/h1-7H,(H2,15,16,17). The molecule has 0 aliphatic rings. The third-order valence-corrected chi connectivity index (χ3v) is 2.09. The van der Waals surface area contributed by atoms with Crippen LogP contribution in [0.2, 0.25) is 5.02 Å². The predicted octanol–water partition coefficient (Wildman–Crippen LogP) is 2.77. The normalized spacial score (nSPS) is 9.71. The Morgan fingerprint density at radius 3 is 2.59 bits per heavy atom. The molecule has 2 N–H and O–H groups in total. The number of pyridine rings is 2. The second kappa shape index (κ2) is 5.27. The highest BCUT2D eigenvalue weighted by Crippen LogP contribution is 2.13. The zero-order chi connectivity index (χ0) is 12.1. The van der Waals surface area contributed by atoms with E-state index in [0.29, 0.717) is 16.4 Å². The molecule has 0 saturated heterocycles. The Morgan fingerprint density at radius 2 is 1.88 bits per heavy atom. The van der Waals surface area contributed by atoms with E-state index in [0.717, 1.165) is 0 Å². The summed E-state index contributed by atoms with van der Waals surface area (Å²) in [4.78, 5) is 19.3. The first kappa shape index (κ1) is 11.3. The molecular weight excluding hydrogens is 240 g/mol. The Balaban J connectivity index is 1.98. The van der Waals surface area contributed by atoms with Gasteiger partial charge in [0.2, 0.25) is 0 Å². The SMILES string of the molecule is O=C(Nc1cccnc1)Nc1cncc(Cl)c1. The molecule has 0 aromatic carbocycles. The maximum absolute atomic E-state index is 11.6. The van der Waals surface area contributed by atoms with E-state index >= 15 is 0 Å². The van der Waals surface area contributed by atoms with Crippen LogP contribution in [0.25, 0.3) is 0 Å². The first-order valence-electron chi connectivity index (χ1n) is 4.82. The Kier molecular flexibility index (Phi) is 3.52. The molecule has 0 atom stereocenters. The van der Waals surface area contributed by atoms with Gasteiger partial charge in [-0.1, -0.05) is 11.6 Å². The molecule has 17 heavy (non-hydrogen) atoms. The van der Waals surface area contributed by atoms with Gasteiger partial charge in [-0.3, -0.25) is 9.97 Å². The molecule has 0 bridgehead atoms. The zero-order valence-corrected chi connectivity index (χ0v) is 9.48. The van der Waals surface area contributed by atoms with Crippen molar-refractivity contribution in [1.29, 1.82) is 0 Å². The van der Waals surface area contributed by atoms with Crippen molar-refractivity contribution in [2.75, 3.05) is 10.6 Å². The fourth-order valence-electron chi connectivity index (χ4n) is 1.21. The van der Waals surface area contributed by atoms with Crippen molar-refractivity contribution >= 4 is 29.0 Å². The first-order valence-corrected chi connectivity index (χ1v) is 5.20. The van der Waals surface area contributed by atoms with Crippen LogP contribution in [-0.2, 0) is 0 Å². The molecule has 0 fully saturated rings. The number of nitrogens with one attached hydrogen (secondary N) is 2. The fraction of sp³-hybridized carbons (Fsp3) is 0. The number of carbonyl (C=O) groups excluding carboxylic acids is 1. The van der Waals surface area contributed by atoms with Gasteiger partial charge >= 0.3 is 6.03 Å². The largest absolute Gasteiger partial charge is 0.323 e. The van der Waals surface area contributed by atoms with Crippen LogP contribution in [-0.4, -0.2) is 16.0 Å². The van der Waals surface area contributed by atoms with E-state index < -0.39 is 0 Å². The lowest BCUT2D eigenvalue weighted by molar-refractivity contribution is 0.262. The van der Waals surface area contributed by atoms with Crippen molar-refractivity contribution < 1.29 is 4.79 Å². The maximum Gasteiger partial charge on any atom is 0.323 e. The molecule has 2 aromatic heterocycles. The molecule has 2 aromatic rings. The quantitative estimate of drug-likeness (QED) is 0.859. The van der Waals surface area contributed by atoms with E-state index in [1.54, 1.807) is 30.6 Å². The van der Waals surface area contributed by atoms with E-state index in [2.05, 4.69) is 20.6 Å². The third-order valence-electron chi connectivity index (χ3n) is 1.88. The lowest BCUT2D eigenvalue weighted by Crippen LogP contribution is -2.19. The van der Waals surface area contributed by atoms with Crippen molar-refractivity contribution in [3.63, 3.8) is 0 Å². The number of nitrogens with zero attached hydrogens (tertiary/aromatic N) is 2. The summed E-state index contributed by atoms with van der Waals surface area (Å²) in [6.45, 7) is 0. The Morgan fingerprint density at radius 1 is 1.12 bits per heavy atom. The van der Waals surface area contributed by atoms with E-state index in [1.807, 2.05) is 0 Å². The van der Waals surface area contributed by atoms with Gasteiger partial charge in [-0.2, -0.15) is 0 Å². The number of urea groups is 1. The molecule has 5 nitrogen and oxygen atoms in total. The van der Waals surface area contributed by atoms with Crippen molar-refractivity contribution in [2.24, 2.45) is 0 Å². The summed E-state index contributed by atoms with van der Waals surface area (Å²) < 4.78 is 0. The Hall–Kier alpha value is -2.14. The number of rotatable bonds is 2. The highest BCUT2D eigenvalue weighted by molar-refractivity contribution is 6.30. The number of amides is 2. The second-order valence-corrected chi connectivity index (χ2v) is 3.65. The molecule has 86 valence electrons. The van der Waals surface area contributed by atoms with Crippen LogP contribution >= 0.6 is 11.6 Å². The maximum atomic E-state index is 11.6. The average molecular weight is 249 g/mol. The minimum absolute atomic E-state index is 0.373. The van der Waals surface area contributed by atoms with Gasteiger partial charge in [0, 0.05) is 12.4 Å². The second-order valence-electron chi connectivity index (χ2n) is 3.21. The topological polar surface area (TPSA) is 66.9 Å². The van der Waals surface area contributed by atoms with Crippen molar-refractivity contribution in [3.05, 3.63) is 48.0 Å². The van der Waals surface area contributed by atoms with Crippen LogP contribution < -0.4 is 10.6 Å². The highest BCUT2D eigenvalue weighted by Gasteiger charge is 2.02. The minimum atomic E-state index is -0.373. The molecule has 2 heterocycles. The summed E-state index contributed by atoms with van der Waals surface area (Å²) in [7, 11) is 0. The van der Waals surface area contributed by atoms with E-state index in [9.17, 15) is 4.79 Å². The van der Waals surface area contributed by atoms with Crippen LogP contribution in [0.4, 0.5) is 16.2 Å². The summed E-state index contributed by atoms with van der Waals surface area (Å²) >= 11 is 5.74. The fourth-order valence-corrected chi connectivity index (χ4v) is 1.38. The Labute approximate surface area is 103 Å². The van der Waals surface area contributed by atoms with Gasteiger partial charge in [-0.25, -0.2) is 4.79 Å². The molecule has 0 spiro atoms. The molecule has 0 saturated carbocycles. The van der Waals surface area contributed by atoms with Crippen molar-refractivity contribution in [3.8, 4) is 0 Å². The first-order chi connectivity index (χ1) is 8.24. The van der Waals surface area contributed by atoms with Crippen LogP contribution in [0.1, 0.15) is 0 Å². The molecular formula is C11H9ClN4O. The van der Waals surface area contributed by atoms with Gasteiger partial charge in [-0.05, 0) is 18.2 Å². The van der Waals surface area contributed by atoms with Crippen molar-refractivity contribution in [2.45, 2.75) is 0 Å². The lowest BCUT2D eigenvalue weighted by atomic mass is 10.4. The number of carbonyl (C=O) groups is 1. The summed E-state index contributed by atoms with van der Waals surface area (Å²) in [5.41, 5.74) is 1.14. The third kappa shape index (κ3) is 3.42. The monoisotopic (exact) mass is 248 g/mol. The molecule has 0 unspecified atom stereocenters. The lowest BCUT2D eigenvalue weighted by Gasteiger charge is -2.06. The molecule has 6 heteroatoms. The van der Waals surface area contributed by atoms with Crippen LogP contribution in [0.15, 0.2) is 43.0 Å². The number of hydrogen-bond acceptors (Lipinski definition) is 3. The van der Waals surface area contributed by atoms with Crippen LogP contribution in [0.5, 0.6) is 0 Å². The summed E-state index contributed by atoms with van der Waals surface area (Å²) in [5, 5.41) is 5.70. The van der Waals surface area contributed by atoms with Crippen molar-refractivity contribution in [1.82, 2.24) is 9.97 Å². The van der Waals surface area contributed by atoms with Gasteiger partial charge in [0.05, 0.1) is 28.8 Å². The van der Waals surface area contributed by atoms with Crippen LogP contribution in [0, 0.1) is 0 Å². The van der Waals surface area contributed by atoms with E-state index in [4.69, 9.17) is 11.6 Å². The van der Waals surface area contributed by atoms with Gasteiger partial charge in [0.15, 0.2) is 0 Å². The smallest absolute Gasteiger partial charge is 0.306 e. The number of aromatic nitrogens is 2. The van der Waals surface area contributed by atoms with Crippen LogP contribution in [0.3, 0.4) is 0 Å². The summed E-state index contributed by atoms with van der Waals surface area (Å²) in [5.74, 6) is 0. The Bertz CT molecular complexity index is 518. The van der Waals surface area contributed by atoms with Gasteiger partial charge in [-0.15, -0.1) is 0 Å². The minimum Gasteiger partial charge on any atom is -0.306 e. The van der Waals surface area contributed by atoms with E-state index in [-0.39, 0.29) is 6.03 Å². The highest BCUT2D eigenvalue weighted by atomic mass is 35.5. The van der Waals surface area contributed by atoms with Gasteiger partial charge < -0.3 is 10.6 Å². The molecule has 2 amide bonds. The number of anilines is 2. The zero-order valence-electron chi connectivity index (χ0n) is 8.72. The number of halogens is 1. The van der Waals surface area contributed by atoms with Gasteiger partial charge in [0.1, 0.15) is 0 Å². The molecule has 2 rings (SSSR count). The predicted molar refractivity (Wildman–Crippen MR) is 66.1 cm³/mol. The number of hydrogen-bond donors (Lipinski definition) is 2. The summed E-state index contributed by atoms with van der Waals surface area (Å²) in [6.07, 6.45) is 6.18. The van der Waals surface area contributed by atoms with E-state index in [1.165, 1.54) is 12.4 Å². The molecule has 0 aliphatic carbocycles. The summed E-state index contributed by atoms with van der Waals surface area (Å²) in [6, 6.07) is 4.71. The average Bonchev–Trinajstić information content (AvgIpc) is 2.30. The molecule has 0 radical (unpaired) electrons.